The van der Waals surface area contributed by atoms with Crippen molar-refractivity contribution in [1.82, 2.24) is 0 Å². The summed E-state index contributed by atoms with van der Waals surface area (Å²) in [5, 5.41) is 9.43. The lowest BCUT2D eigenvalue weighted by Crippen LogP contribution is -2.04. The van der Waals surface area contributed by atoms with E-state index in [4.69, 9.17) is 0 Å². The Bertz CT molecular complexity index is 11.1. The van der Waals surface area contributed by atoms with Gasteiger partial charge in [0.2, 0.25) is 0 Å². The van der Waals surface area contributed by atoms with E-state index in [1.54, 1.807) is 6.42 Å². The number of hydrogen-bond donors (Lipinski definition) is 0. The zero-order chi connectivity index (χ0) is 4.12. The van der Waals surface area contributed by atoms with Gasteiger partial charge in [0.1, 0.15) is 0 Å². The number of hydrogen-bond acceptors (Lipinski definition) is 1. The largest absolute Gasteiger partial charge is 0.854 e. The average molecular weight is 71.1 g/mol. The van der Waals surface area contributed by atoms with Crippen molar-refractivity contribution in [3.05, 3.63) is 13.3 Å². The van der Waals surface area contributed by atoms with Gasteiger partial charge in [-0.3, -0.25) is 0 Å². The maximum Gasteiger partial charge on any atom is 0.0869 e. The van der Waals surface area contributed by atoms with E-state index in [0.29, 0.717) is 6.42 Å². The van der Waals surface area contributed by atoms with Gasteiger partial charge in [-0.1, -0.05) is 0 Å². The Morgan fingerprint density at radius 1 is 1.80 bits per heavy atom. The molecule has 0 rings (SSSR count). The molecule has 0 fully saturated rings. The third-order valence-electron chi connectivity index (χ3n) is 0.322. The van der Waals surface area contributed by atoms with E-state index in [-0.39, 0.29) is 6.61 Å². The molecule has 0 aliphatic rings. The average Bonchev–Trinajstić information content (AvgIpc) is 1.41. The molecule has 0 aromatic carbocycles. The molecular formula is C4H7O. The lowest BCUT2D eigenvalue weighted by atomic mass is 10.4. The predicted molar refractivity (Wildman–Crippen MR) is 19.1 cm³/mol. The third kappa shape index (κ3) is 3.83. The first-order chi connectivity index (χ1) is 2.41. The van der Waals surface area contributed by atoms with Gasteiger partial charge in [-0.25, -0.2) is 0 Å². The van der Waals surface area contributed by atoms with Crippen LogP contribution in [0.5, 0.6) is 0 Å². The zero-order valence-electron chi connectivity index (χ0n) is 3.11. The van der Waals surface area contributed by atoms with E-state index >= 15 is 0 Å². The van der Waals surface area contributed by atoms with E-state index in [0.717, 1.165) is 0 Å². The van der Waals surface area contributed by atoms with Crippen LogP contribution in [-0.2, 0) is 0 Å². The molecule has 1 nitrogen and oxygen atoms in total. The summed E-state index contributed by atoms with van der Waals surface area (Å²) in [4.78, 5) is 0. The van der Waals surface area contributed by atoms with Crippen LogP contribution in [0.1, 0.15) is 6.42 Å². The summed E-state index contributed by atoms with van der Waals surface area (Å²) < 4.78 is 0. The topological polar surface area (TPSA) is 23.1 Å². The van der Waals surface area contributed by atoms with Gasteiger partial charge in [0.15, 0.2) is 0 Å². The fourth-order valence-electron chi connectivity index (χ4n) is 0.0833. The molecule has 1 heteroatoms. The van der Waals surface area contributed by atoms with E-state index in [2.05, 4.69) is 6.92 Å². The second kappa shape index (κ2) is 3.83. The van der Waals surface area contributed by atoms with Crippen molar-refractivity contribution in [3.8, 4) is 0 Å². The summed E-state index contributed by atoms with van der Waals surface area (Å²) in [5.74, 6) is 0. The maximum atomic E-state index is 9.43. The fourth-order valence-corrected chi connectivity index (χ4v) is 0.0833. The Hall–Kier alpha value is -0.170. The first kappa shape index (κ1) is 4.83. The van der Waals surface area contributed by atoms with Gasteiger partial charge < -0.3 is 5.11 Å². The molecule has 0 saturated carbocycles. The number of unbranched alkanes of at least 4 members (excludes halogenated alkanes) is 1. The van der Waals surface area contributed by atoms with Crippen LogP contribution in [0.2, 0.25) is 0 Å². The van der Waals surface area contributed by atoms with Crippen molar-refractivity contribution in [2.75, 3.05) is 6.61 Å². The predicted octanol–water partition coefficient (Wildman–Crippen LogP) is -0.225. The summed E-state index contributed by atoms with van der Waals surface area (Å²) in [5.41, 5.74) is 0. The minimum atomic E-state index is -0.0938. The molecular weight excluding hydrogens is 64.0 g/mol. The Morgan fingerprint density at radius 2 is 2.40 bits per heavy atom. The summed E-state index contributed by atoms with van der Waals surface area (Å²) in [6.07, 6.45) is 2.24. The molecule has 0 heterocycles. The van der Waals surface area contributed by atoms with Crippen molar-refractivity contribution in [2.45, 2.75) is 6.42 Å². The van der Waals surface area contributed by atoms with E-state index in [9.17, 15) is 5.11 Å². The standard InChI is InChI=1S/C4H7O/c1-2-3-4-5/h3H,1-2,4H2. The number of rotatable bonds is 2. The summed E-state index contributed by atoms with van der Waals surface area (Å²) in [7, 11) is 0. The lowest BCUT2D eigenvalue weighted by molar-refractivity contribution is -0.357. The summed E-state index contributed by atoms with van der Waals surface area (Å²) in [6, 6.07) is 0. The van der Waals surface area contributed by atoms with Crippen molar-refractivity contribution >= 4 is 0 Å². The molecule has 0 aliphatic carbocycles. The molecule has 0 spiro atoms. The molecule has 0 aliphatic heterocycles. The van der Waals surface area contributed by atoms with Crippen molar-refractivity contribution in [1.29, 1.82) is 0 Å². The molecule has 0 aromatic rings. The van der Waals surface area contributed by atoms with Crippen molar-refractivity contribution in [3.63, 3.8) is 0 Å². The van der Waals surface area contributed by atoms with Crippen LogP contribution in [0.4, 0.5) is 0 Å². The van der Waals surface area contributed by atoms with E-state index in [1.165, 1.54) is 0 Å². The second-order valence-electron chi connectivity index (χ2n) is 0.744. The highest BCUT2D eigenvalue weighted by Gasteiger charge is 1.70. The minimum absolute atomic E-state index is 0.0938. The highest BCUT2D eigenvalue weighted by Crippen LogP contribution is 1.73. The lowest BCUT2D eigenvalue weighted by Gasteiger charge is -1.90. The molecule has 29 valence electrons. The van der Waals surface area contributed by atoms with Crippen LogP contribution in [0, 0.1) is 13.3 Å². The summed E-state index contributed by atoms with van der Waals surface area (Å²) in [6.45, 7) is 3.33. The SMILES string of the molecule is [CH2+]C[CH]C[O-]. The molecule has 0 bridgehead atoms. The first-order valence-corrected chi connectivity index (χ1v) is 1.61. The Labute approximate surface area is 32.6 Å². The van der Waals surface area contributed by atoms with Crippen LogP contribution in [0.15, 0.2) is 0 Å². The fraction of sp³-hybridized carbons (Fsp3) is 0.500. The quantitative estimate of drug-likeness (QED) is 0.412. The second-order valence-corrected chi connectivity index (χ2v) is 0.744. The Balaban J connectivity index is 2.19. The normalized spacial score (nSPS) is 8.20. The van der Waals surface area contributed by atoms with Gasteiger partial charge in [-0.2, -0.15) is 0 Å². The molecule has 0 atom stereocenters. The minimum Gasteiger partial charge on any atom is -0.854 e. The summed E-state index contributed by atoms with van der Waals surface area (Å²) >= 11 is 0. The van der Waals surface area contributed by atoms with Crippen molar-refractivity contribution < 1.29 is 5.11 Å². The zero-order valence-corrected chi connectivity index (χ0v) is 3.11. The molecule has 5 heavy (non-hydrogen) atoms. The Kier molecular flexibility index (Phi) is 3.70. The molecule has 0 saturated heterocycles. The van der Waals surface area contributed by atoms with Crippen LogP contribution in [-0.4, -0.2) is 6.61 Å². The van der Waals surface area contributed by atoms with E-state index < -0.39 is 0 Å². The van der Waals surface area contributed by atoms with Crippen LogP contribution < -0.4 is 5.11 Å². The van der Waals surface area contributed by atoms with Crippen LogP contribution >= 0.6 is 0 Å². The Morgan fingerprint density at radius 3 is 2.40 bits per heavy atom. The van der Waals surface area contributed by atoms with Crippen LogP contribution in [0.25, 0.3) is 0 Å². The van der Waals surface area contributed by atoms with Gasteiger partial charge in [0, 0.05) is 0 Å². The van der Waals surface area contributed by atoms with E-state index in [1.807, 2.05) is 0 Å². The third-order valence-corrected chi connectivity index (χ3v) is 0.322. The van der Waals surface area contributed by atoms with Gasteiger partial charge >= 0.3 is 0 Å². The van der Waals surface area contributed by atoms with Gasteiger partial charge in [-0.05, 0) is 6.42 Å². The molecule has 0 aromatic heterocycles. The molecule has 0 N–H and O–H groups in total. The molecule has 1 radical (unpaired) electrons. The van der Waals surface area contributed by atoms with Crippen LogP contribution in [0.3, 0.4) is 0 Å². The maximum absolute atomic E-state index is 9.43. The molecule has 0 amide bonds. The monoisotopic (exact) mass is 71.0 g/mol. The molecule has 0 unspecified atom stereocenters. The van der Waals surface area contributed by atoms with Gasteiger partial charge in [0.05, 0.1) is 13.3 Å². The smallest absolute Gasteiger partial charge is 0.0869 e. The van der Waals surface area contributed by atoms with Crippen molar-refractivity contribution in [2.24, 2.45) is 0 Å². The van der Waals surface area contributed by atoms with Gasteiger partial charge in [-0.15, -0.1) is 6.61 Å². The highest BCUT2D eigenvalue weighted by atomic mass is 16.2. The highest BCUT2D eigenvalue weighted by molar-refractivity contribution is 4.60. The van der Waals surface area contributed by atoms with Gasteiger partial charge in [0.25, 0.3) is 0 Å². The first-order valence-electron chi connectivity index (χ1n) is 1.61.